The molecule has 0 aromatic carbocycles. The first-order valence-electron chi connectivity index (χ1n) is 21.1. The normalized spacial score (nSPS) is 53.4. The average Bonchev–Trinajstić information content (AvgIpc) is 3.32. The summed E-state index contributed by atoms with van der Waals surface area (Å²) in [6.45, 7) is -5.67. The Kier molecular flexibility index (Phi) is 19.4. The topological polar surface area (TPSA) is 506 Å². The highest BCUT2D eigenvalue weighted by molar-refractivity contribution is 5.00. The minimum absolute atomic E-state index is 0.830. The molecule has 6 aliphatic heterocycles. The van der Waals surface area contributed by atoms with Crippen molar-refractivity contribution < 1.29 is 154 Å². The van der Waals surface area contributed by atoms with E-state index in [0.29, 0.717) is 0 Å². The molecule has 6 aliphatic rings. The maximum absolute atomic E-state index is 11.2. The van der Waals surface area contributed by atoms with Gasteiger partial charge in [0.2, 0.25) is 0 Å². The highest BCUT2D eigenvalue weighted by Crippen LogP contribution is 2.36. The molecule has 0 aromatic heterocycles. The maximum Gasteiger partial charge on any atom is 0.187 e. The first kappa shape index (κ1) is 55.1. The van der Waals surface area contributed by atoms with Crippen LogP contribution < -0.4 is 0 Å². The van der Waals surface area contributed by atoms with Gasteiger partial charge in [0.25, 0.3) is 0 Å². The largest absolute Gasteiger partial charge is 0.394 e. The molecule has 0 aromatic rings. The highest BCUT2D eigenvalue weighted by atomic mass is 16.8. The van der Waals surface area contributed by atoms with Gasteiger partial charge in [0, 0.05) is 0 Å². The quantitative estimate of drug-likeness (QED) is 0.0683. The van der Waals surface area contributed by atoms with Gasteiger partial charge in [-0.3, -0.25) is 0 Å². The lowest BCUT2D eigenvalue weighted by molar-refractivity contribution is -0.396. The molecule has 20 N–H and O–H groups in total. The van der Waals surface area contributed by atoms with Crippen molar-refractivity contribution in [2.24, 2.45) is 0 Å². The van der Waals surface area contributed by atoms with E-state index < -0.39 is 224 Å². The Morgan fingerprint density at radius 1 is 0.224 bits per heavy atom. The molecule has 392 valence electrons. The summed E-state index contributed by atoms with van der Waals surface area (Å²) < 4.78 is 60.5. The lowest BCUT2D eigenvalue weighted by atomic mass is 9.95. The molecule has 6 fully saturated rings. The summed E-state index contributed by atoms with van der Waals surface area (Å²) in [5.74, 6) is 0. The van der Waals surface area contributed by atoms with Gasteiger partial charge < -0.3 is 154 Å². The second-order valence-electron chi connectivity index (χ2n) is 16.8. The van der Waals surface area contributed by atoms with Crippen molar-refractivity contribution in [3.8, 4) is 0 Å². The SMILES string of the molecule is OCC1O[C@@H](O[C@H]2C(O)C(O)[C@H](O[C@@H]3C(CO)O[C@@H](O[C@H]4C(O)C(O)[C@H](O[C@@H]5C(CO)O[C@@H](O)C(O)[C@H]5O)O[C@H]4CO)C(O)[C@H]3O)O[C@H]2CO)C(O)[C@@H](O)[C@@H]1O[C@@H]1O[C@@H](CO)[C@@H](O)C(O)C1O. The Morgan fingerprint density at radius 3 is 0.687 bits per heavy atom. The van der Waals surface area contributed by atoms with Gasteiger partial charge in [-0.05, 0) is 0 Å². The van der Waals surface area contributed by atoms with E-state index in [-0.39, 0.29) is 0 Å². The maximum atomic E-state index is 11.2. The number of rotatable bonds is 16. The fraction of sp³-hybridized carbons (Fsp3) is 1.00. The van der Waals surface area contributed by atoms with Crippen LogP contribution in [-0.2, 0) is 52.1 Å². The van der Waals surface area contributed by atoms with Gasteiger partial charge in [0.1, 0.15) is 146 Å². The monoisotopic (exact) mass is 990 g/mol. The Hall–Kier alpha value is -1.24. The van der Waals surface area contributed by atoms with Gasteiger partial charge >= 0.3 is 0 Å². The molecule has 0 spiro atoms. The summed E-state index contributed by atoms with van der Waals surface area (Å²) in [5.41, 5.74) is 0. The van der Waals surface area contributed by atoms with Gasteiger partial charge in [-0.1, -0.05) is 0 Å². The Morgan fingerprint density at radius 2 is 0.433 bits per heavy atom. The molecular weight excluding hydrogens is 928 g/mol. The molecule has 31 heteroatoms. The minimum atomic E-state index is -2.18. The fourth-order valence-corrected chi connectivity index (χ4v) is 8.52. The highest BCUT2D eigenvalue weighted by Gasteiger charge is 2.57. The molecule has 6 saturated heterocycles. The summed E-state index contributed by atoms with van der Waals surface area (Å²) in [4.78, 5) is 0. The second kappa shape index (κ2) is 23.5. The van der Waals surface area contributed by atoms with Gasteiger partial charge in [0.15, 0.2) is 37.7 Å². The van der Waals surface area contributed by atoms with Crippen LogP contribution in [-0.4, -0.2) is 326 Å². The molecule has 12 unspecified atom stereocenters. The van der Waals surface area contributed by atoms with Gasteiger partial charge in [-0.15, -0.1) is 0 Å². The molecule has 6 rings (SSSR count). The van der Waals surface area contributed by atoms with Gasteiger partial charge in [-0.2, -0.15) is 0 Å². The number of hydrogen-bond donors (Lipinski definition) is 20. The van der Waals surface area contributed by atoms with Crippen molar-refractivity contribution in [3.05, 3.63) is 0 Å². The van der Waals surface area contributed by atoms with Crippen LogP contribution in [0.1, 0.15) is 0 Å². The van der Waals surface area contributed by atoms with E-state index in [9.17, 15) is 102 Å². The van der Waals surface area contributed by atoms with E-state index >= 15 is 0 Å². The average molecular weight is 991 g/mol. The van der Waals surface area contributed by atoms with Gasteiger partial charge in [0.05, 0.1) is 39.6 Å². The third-order valence-electron chi connectivity index (χ3n) is 12.4. The van der Waals surface area contributed by atoms with Crippen molar-refractivity contribution in [2.45, 2.75) is 184 Å². The van der Waals surface area contributed by atoms with Crippen molar-refractivity contribution in [1.29, 1.82) is 0 Å². The predicted molar refractivity (Wildman–Crippen MR) is 199 cm³/mol. The van der Waals surface area contributed by atoms with Crippen LogP contribution in [0.2, 0.25) is 0 Å². The van der Waals surface area contributed by atoms with Crippen molar-refractivity contribution in [1.82, 2.24) is 0 Å². The number of ether oxygens (including phenoxy) is 11. The van der Waals surface area contributed by atoms with Crippen molar-refractivity contribution in [2.75, 3.05) is 39.6 Å². The molecule has 0 amide bonds. The number of hydrogen-bond acceptors (Lipinski definition) is 31. The molecule has 0 saturated carbocycles. The van der Waals surface area contributed by atoms with Crippen LogP contribution in [0, 0.1) is 0 Å². The fourth-order valence-electron chi connectivity index (χ4n) is 8.52. The van der Waals surface area contributed by atoms with E-state index in [4.69, 9.17) is 52.1 Å². The third-order valence-corrected chi connectivity index (χ3v) is 12.4. The lowest BCUT2D eigenvalue weighted by Gasteiger charge is -2.49. The van der Waals surface area contributed by atoms with Crippen LogP contribution >= 0.6 is 0 Å². The zero-order chi connectivity index (χ0) is 49.3. The van der Waals surface area contributed by atoms with Crippen LogP contribution in [0.15, 0.2) is 0 Å². The molecular formula is C36H62O31. The van der Waals surface area contributed by atoms with Crippen LogP contribution in [0.4, 0.5) is 0 Å². The Bertz CT molecular complexity index is 1500. The van der Waals surface area contributed by atoms with E-state index in [1.165, 1.54) is 0 Å². The zero-order valence-corrected chi connectivity index (χ0v) is 35.0. The summed E-state index contributed by atoms with van der Waals surface area (Å²) in [7, 11) is 0. The summed E-state index contributed by atoms with van der Waals surface area (Å²) in [5, 5.41) is 209. The summed E-state index contributed by atoms with van der Waals surface area (Å²) >= 11 is 0. The standard InChI is InChI=1S/C36H62O31/c37-1-7-13(43)14(44)21(51)32(58-7)64-27-9(3-39)60-34(23(53)16(27)46)66-29-11(5-41)62-36(25(55)18(29)48)67-30-12(6-42)61-35(24(54)19(30)49)65-28-10(4-40)59-33(22(52)17(28)47)63-26-8(2-38)57-31(56)20(50)15(26)45/h7-56H,1-6H2/t7-,8?,9?,10-,11-,12?,13+,14?,15+,16+,17?,18?,19+,20?,21?,22?,23?,24?,25?,26+,27+,28+,29+,30+,31+,32-,33-,34-,35-,36-/m0/s1. The number of aliphatic hydroxyl groups excluding tert-OH is 20. The van der Waals surface area contributed by atoms with Crippen molar-refractivity contribution in [3.63, 3.8) is 0 Å². The molecule has 0 radical (unpaired) electrons. The Labute approximate surface area is 378 Å². The summed E-state index contributed by atoms with van der Waals surface area (Å²) in [6, 6.07) is 0. The second-order valence-corrected chi connectivity index (χ2v) is 16.8. The molecule has 0 aliphatic carbocycles. The first-order chi connectivity index (χ1) is 31.8. The third kappa shape index (κ3) is 11.2. The van der Waals surface area contributed by atoms with Crippen LogP contribution in [0.3, 0.4) is 0 Å². The van der Waals surface area contributed by atoms with Crippen LogP contribution in [0.5, 0.6) is 0 Å². The van der Waals surface area contributed by atoms with Crippen molar-refractivity contribution >= 4 is 0 Å². The van der Waals surface area contributed by atoms with Crippen LogP contribution in [0.25, 0.3) is 0 Å². The molecule has 67 heavy (non-hydrogen) atoms. The van der Waals surface area contributed by atoms with E-state index in [1.807, 2.05) is 0 Å². The minimum Gasteiger partial charge on any atom is -0.394 e. The first-order valence-corrected chi connectivity index (χ1v) is 21.1. The van der Waals surface area contributed by atoms with E-state index in [2.05, 4.69) is 0 Å². The van der Waals surface area contributed by atoms with E-state index in [1.54, 1.807) is 0 Å². The van der Waals surface area contributed by atoms with E-state index in [0.717, 1.165) is 0 Å². The predicted octanol–water partition coefficient (Wildman–Crippen LogP) is -14.1. The lowest BCUT2D eigenvalue weighted by Crippen LogP contribution is -2.68. The number of aliphatic hydroxyl groups is 20. The molecule has 31 nitrogen and oxygen atoms in total. The Balaban J connectivity index is 1.07. The molecule has 6 heterocycles. The molecule has 0 bridgehead atoms. The smallest absolute Gasteiger partial charge is 0.187 e. The summed E-state index contributed by atoms with van der Waals surface area (Å²) in [6.07, 6.45) is -56.5. The molecule has 30 atom stereocenters. The van der Waals surface area contributed by atoms with Gasteiger partial charge in [-0.25, -0.2) is 0 Å². The zero-order valence-electron chi connectivity index (χ0n) is 35.0.